The molecule has 1 aromatic carbocycles. The number of nitrogens with two attached hydrogens (primary N) is 1. The van der Waals surface area contributed by atoms with Crippen LogP contribution in [0.1, 0.15) is 22.1 Å². The van der Waals surface area contributed by atoms with E-state index in [0.29, 0.717) is 6.54 Å². The van der Waals surface area contributed by atoms with Gasteiger partial charge < -0.3 is 10.5 Å². The lowest BCUT2D eigenvalue weighted by Crippen LogP contribution is -2.18. The maximum atomic E-state index is 5.96. The minimum absolute atomic E-state index is 0.0446. The van der Waals surface area contributed by atoms with Gasteiger partial charge in [0.2, 0.25) is 0 Å². The van der Waals surface area contributed by atoms with Crippen molar-refractivity contribution >= 4 is 11.3 Å². The first-order chi connectivity index (χ1) is 8.20. The molecular weight excluding hydrogens is 230 g/mol. The zero-order valence-electron chi connectivity index (χ0n) is 10.1. The smallest absolute Gasteiger partial charge is 0.145 e. The fraction of sp³-hybridized carbons (Fsp3) is 0.286. The summed E-state index contributed by atoms with van der Waals surface area (Å²) in [6.07, 6.45) is -0.0446. The maximum absolute atomic E-state index is 5.96. The average molecular weight is 247 g/mol. The topological polar surface area (TPSA) is 35.2 Å². The summed E-state index contributed by atoms with van der Waals surface area (Å²) in [5.41, 5.74) is 8.24. The van der Waals surface area contributed by atoms with Crippen LogP contribution in [0.3, 0.4) is 0 Å². The van der Waals surface area contributed by atoms with Crippen molar-refractivity contribution in [1.29, 1.82) is 0 Å². The van der Waals surface area contributed by atoms with E-state index >= 15 is 0 Å². The molecule has 0 saturated heterocycles. The van der Waals surface area contributed by atoms with Gasteiger partial charge in [0, 0.05) is 11.4 Å². The molecule has 90 valence electrons. The Hall–Kier alpha value is -1.32. The fourth-order valence-corrected chi connectivity index (χ4v) is 2.74. The molecule has 2 N–H and O–H groups in total. The van der Waals surface area contributed by atoms with Gasteiger partial charge in [-0.3, -0.25) is 0 Å². The van der Waals surface area contributed by atoms with Crippen LogP contribution < -0.4 is 10.5 Å². The largest absolute Gasteiger partial charge is 0.484 e. The monoisotopic (exact) mass is 247 g/mol. The van der Waals surface area contributed by atoms with Gasteiger partial charge in [-0.2, -0.15) is 0 Å². The Balaban J connectivity index is 2.19. The zero-order valence-corrected chi connectivity index (χ0v) is 11.0. The summed E-state index contributed by atoms with van der Waals surface area (Å²) in [6, 6.07) is 10.2. The van der Waals surface area contributed by atoms with E-state index in [1.807, 2.05) is 18.2 Å². The van der Waals surface area contributed by atoms with Crippen LogP contribution in [-0.2, 0) is 0 Å². The first-order valence-electron chi connectivity index (χ1n) is 5.68. The molecule has 2 nitrogen and oxygen atoms in total. The molecule has 2 rings (SSSR count). The highest BCUT2D eigenvalue weighted by atomic mass is 32.1. The first kappa shape index (κ1) is 12.1. The van der Waals surface area contributed by atoms with Gasteiger partial charge in [0.15, 0.2) is 0 Å². The molecule has 0 bridgehead atoms. The molecule has 1 atom stereocenters. The van der Waals surface area contributed by atoms with Crippen molar-refractivity contribution < 1.29 is 4.74 Å². The standard InChI is InChI=1S/C14H17NOS/c1-10-4-3-5-12(8-10)16-13(9-15)14-11(2)6-7-17-14/h3-8,13H,9,15H2,1-2H3. The molecule has 0 aliphatic rings. The zero-order chi connectivity index (χ0) is 12.3. The number of rotatable bonds is 4. The van der Waals surface area contributed by atoms with E-state index in [1.165, 1.54) is 16.0 Å². The van der Waals surface area contributed by atoms with Crippen LogP contribution in [-0.4, -0.2) is 6.54 Å². The normalized spacial score (nSPS) is 12.4. The lowest BCUT2D eigenvalue weighted by Gasteiger charge is -2.17. The molecule has 1 heterocycles. The van der Waals surface area contributed by atoms with E-state index in [4.69, 9.17) is 10.5 Å². The van der Waals surface area contributed by atoms with E-state index < -0.39 is 0 Å². The van der Waals surface area contributed by atoms with E-state index in [1.54, 1.807) is 11.3 Å². The van der Waals surface area contributed by atoms with E-state index in [2.05, 4.69) is 31.4 Å². The number of benzene rings is 1. The molecule has 0 aliphatic carbocycles. The predicted octanol–water partition coefficient (Wildman–Crippen LogP) is 3.44. The van der Waals surface area contributed by atoms with Crippen molar-refractivity contribution in [3.8, 4) is 5.75 Å². The van der Waals surface area contributed by atoms with Crippen LogP contribution in [0, 0.1) is 13.8 Å². The number of ether oxygens (including phenoxy) is 1. The Morgan fingerprint density at radius 1 is 1.29 bits per heavy atom. The van der Waals surface area contributed by atoms with E-state index in [0.717, 1.165) is 5.75 Å². The van der Waals surface area contributed by atoms with Crippen LogP contribution in [0.5, 0.6) is 5.75 Å². The fourth-order valence-electron chi connectivity index (χ4n) is 1.78. The Bertz CT molecular complexity index is 492. The highest BCUT2D eigenvalue weighted by molar-refractivity contribution is 7.10. The summed E-state index contributed by atoms with van der Waals surface area (Å²) >= 11 is 1.70. The highest BCUT2D eigenvalue weighted by Gasteiger charge is 2.15. The third-order valence-electron chi connectivity index (χ3n) is 2.68. The van der Waals surface area contributed by atoms with Crippen LogP contribution >= 0.6 is 11.3 Å². The Labute approximate surface area is 106 Å². The van der Waals surface area contributed by atoms with Crippen molar-refractivity contribution in [1.82, 2.24) is 0 Å². The summed E-state index contributed by atoms with van der Waals surface area (Å²) in [5.74, 6) is 0.883. The van der Waals surface area contributed by atoms with Crippen molar-refractivity contribution in [2.24, 2.45) is 5.73 Å². The van der Waals surface area contributed by atoms with E-state index in [9.17, 15) is 0 Å². The third-order valence-corrected chi connectivity index (χ3v) is 3.79. The minimum Gasteiger partial charge on any atom is -0.484 e. The molecule has 0 amide bonds. The Kier molecular flexibility index (Phi) is 3.82. The second kappa shape index (κ2) is 5.34. The molecule has 1 aromatic heterocycles. The van der Waals surface area contributed by atoms with Gasteiger partial charge in [-0.15, -0.1) is 11.3 Å². The summed E-state index contributed by atoms with van der Waals surface area (Å²) in [6.45, 7) is 4.64. The number of hydrogen-bond donors (Lipinski definition) is 1. The van der Waals surface area contributed by atoms with Gasteiger partial charge in [0.25, 0.3) is 0 Å². The SMILES string of the molecule is Cc1cccc(OC(CN)c2sccc2C)c1. The lowest BCUT2D eigenvalue weighted by atomic mass is 10.2. The Morgan fingerprint density at radius 2 is 2.12 bits per heavy atom. The first-order valence-corrected chi connectivity index (χ1v) is 6.56. The molecule has 0 radical (unpaired) electrons. The van der Waals surface area contributed by atoms with Crippen LogP contribution in [0.4, 0.5) is 0 Å². The number of aryl methyl sites for hydroxylation is 2. The number of thiophene rings is 1. The molecule has 3 heteroatoms. The van der Waals surface area contributed by atoms with Gasteiger partial charge >= 0.3 is 0 Å². The minimum atomic E-state index is -0.0446. The third kappa shape index (κ3) is 2.87. The van der Waals surface area contributed by atoms with Gasteiger partial charge in [-0.1, -0.05) is 12.1 Å². The van der Waals surface area contributed by atoms with E-state index in [-0.39, 0.29) is 6.10 Å². The second-order valence-corrected chi connectivity index (χ2v) is 5.07. The number of hydrogen-bond acceptors (Lipinski definition) is 3. The summed E-state index contributed by atoms with van der Waals surface area (Å²) in [4.78, 5) is 1.22. The van der Waals surface area contributed by atoms with Crippen molar-refractivity contribution in [2.75, 3.05) is 6.54 Å². The second-order valence-electron chi connectivity index (χ2n) is 4.13. The molecular formula is C14H17NOS. The average Bonchev–Trinajstić information content (AvgIpc) is 2.72. The summed E-state index contributed by atoms with van der Waals surface area (Å²) in [7, 11) is 0. The summed E-state index contributed by atoms with van der Waals surface area (Å²) in [5, 5.41) is 2.08. The van der Waals surface area contributed by atoms with Crippen LogP contribution in [0.2, 0.25) is 0 Å². The molecule has 1 unspecified atom stereocenters. The van der Waals surface area contributed by atoms with Crippen LogP contribution in [0.15, 0.2) is 35.7 Å². The van der Waals surface area contributed by atoms with Crippen molar-refractivity contribution in [3.05, 3.63) is 51.7 Å². The summed E-state index contributed by atoms with van der Waals surface area (Å²) < 4.78 is 5.96. The van der Waals surface area contributed by atoms with Crippen molar-refractivity contribution in [3.63, 3.8) is 0 Å². The maximum Gasteiger partial charge on any atom is 0.145 e. The quantitative estimate of drug-likeness (QED) is 0.898. The van der Waals surface area contributed by atoms with Gasteiger partial charge in [-0.05, 0) is 48.6 Å². The highest BCUT2D eigenvalue weighted by Crippen LogP contribution is 2.28. The Morgan fingerprint density at radius 3 is 2.71 bits per heavy atom. The van der Waals surface area contributed by atoms with Gasteiger partial charge in [0.1, 0.15) is 11.9 Å². The predicted molar refractivity (Wildman–Crippen MR) is 72.7 cm³/mol. The molecule has 0 aliphatic heterocycles. The molecule has 2 aromatic rings. The van der Waals surface area contributed by atoms with Gasteiger partial charge in [0.05, 0.1) is 0 Å². The lowest BCUT2D eigenvalue weighted by molar-refractivity contribution is 0.217. The molecule has 0 fully saturated rings. The van der Waals surface area contributed by atoms with Gasteiger partial charge in [-0.25, -0.2) is 0 Å². The van der Waals surface area contributed by atoms with Crippen LogP contribution in [0.25, 0.3) is 0 Å². The molecule has 17 heavy (non-hydrogen) atoms. The molecule has 0 saturated carbocycles. The molecule has 0 spiro atoms. The van der Waals surface area contributed by atoms with Crippen molar-refractivity contribution in [2.45, 2.75) is 20.0 Å².